The molecule has 3 atom stereocenters. The van der Waals surface area contributed by atoms with Gasteiger partial charge in [-0.1, -0.05) is 22.9 Å². The largest absolute Gasteiger partial charge is 0.300 e. The third kappa shape index (κ3) is 2.44. The number of carbonyl (C=O) groups is 1. The molecule has 3 heteroatoms. The minimum atomic E-state index is 0.121. The van der Waals surface area contributed by atoms with Crippen LogP contribution in [0.1, 0.15) is 39.0 Å². The van der Waals surface area contributed by atoms with Crippen LogP contribution >= 0.6 is 15.9 Å². The van der Waals surface area contributed by atoms with Gasteiger partial charge in [-0.25, -0.2) is 0 Å². The first kappa shape index (κ1) is 11.6. The zero-order valence-electron chi connectivity index (χ0n) is 9.42. The molecule has 15 heavy (non-hydrogen) atoms. The molecule has 1 saturated carbocycles. The number of fused-ring (bicyclic) bond motifs is 1. The topological polar surface area (TPSA) is 20.3 Å². The molecule has 1 aliphatic carbocycles. The van der Waals surface area contributed by atoms with E-state index in [0.717, 1.165) is 12.8 Å². The summed E-state index contributed by atoms with van der Waals surface area (Å²) in [4.78, 5) is 14.4. The molecule has 0 spiro atoms. The minimum Gasteiger partial charge on any atom is -0.300 e. The molecule has 0 radical (unpaired) electrons. The maximum absolute atomic E-state index is 11.6. The van der Waals surface area contributed by atoms with Gasteiger partial charge in [-0.2, -0.15) is 0 Å². The first-order chi connectivity index (χ1) is 7.22. The van der Waals surface area contributed by atoms with Crippen LogP contribution in [-0.4, -0.2) is 34.6 Å². The normalized spacial score (nSPS) is 37.7. The molecule has 1 heterocycles. The third-order valence-corrected chi connectivity index (χ3v) is 4.69. The number of ketones is 1. The maximum atomic E-state index is 11.6. The summed E-state index contributed by atoms with van der Waals surface area (Å²) in [6.45, 7) is 4.68. The van der Waals surface area contributed by atoms with Gasteiger partial charge in [0.05, 0.1) is 4.83 Å². The summed E-state index contributed by atoms with van der Waals surface area (Å²) in [7, 11) is 0. The van der Waals surface area contributed by atoms with Gasteiger partial charge in [0.15, 0.2) is 0 Å². The lowest BCUT2D eigenvalue weighted by atomic mass is 9.77. The Hall–Kier alpha value is 0.110. The van der Waals surface area contributed by atoms with Gasteiger partial charge in [0, 0.05) is 12.5 Å². The van der Waals surface area contributed by atoms with Crippen molar-refractivity contribution in [2.45, 2.75) is 49.9 Å². The summed E-state index contributed by atoms with van der Waals surface area (Å²) in [5.74, 6) is 1.07. The van der Waals surface area contributed by atoms with Crippen molar-refractivity contribution in [3.8, 4) is 0 Å². The number of hydrogen-bond acceptors (Lipinski definition) is 2. The average molecular weight is 274 g/mol. The van der Waals surface area contributed by atoms with Gasteiger partial charge in [0.25, 0.3) is 0 Å². The van der Waals surface area contributed by atoms with Crippen molar-refractivity contribution in [1.29, 1.82) is 0 Å². The number of Topliss-reactive ketones (excluding diaryl/α,β-unsaturated/α-hetero) is 1. The molecule has 2 aliphatic rings. The number of hydrogen-bond donors (Lipinski definition) is 0. The number of likely N-dealkylation sites (tertiary alicyclic amines) is 1. The van der Waals surface area contributed by atoms with E-state index >= 15 is 0 Å². The molecule has 2 fully saturated rings. The van der Waals surface area contributed by atoms with Gasteiger partial charge < -0.3 is 4.90 Å². The van der Waals surface area contributed by atoms with E-state index in [1.54, 1.807) is 0 Å². The van der Waals surface area contributed by atoms with Crippen molar-refractivity contribution < 1.29 is 4.79 Å². The summed E-state index contributed by atoms with van der Waals surface area (Å²) in [5, 5.41) is 0. The summed E-state index contributed by atoms with van der Waals surface area (Å²) < 4.78 is 0. The molecule has 0 aromatic rings. The number of nitrogens with zero attached hydrogens (tertiary/aromatic N) is 1. The predicted molar refractivity (Wildman–Crippen MR) is 65.3 cm³/mol. The van der Waals surface area contributed by atoms with Crippen LogP contribution < -0.4 is 0 Å². The second kappa shape index (κ2) is 4.96. The Morgan fingerprint density at radius 2 is 2.33 bits per heavy atom. The molecular weight excluding hydrogens is 254 g/mol. The molecule has 1 saturated heterocycles. The standard InChI is InChI=1S/C12H20BrNO/c1-2-5-14-6-3-4-9-7-12(15)10(13)8-11(9)14/h9-11H,2-8H2,1H3/t9-,10?,11-/m1/s1. The van der Waals surface area contributed by atoms with E-state index in [9.17, 15) is 4.79 Å². The Morgan fingerprint density at radius 1 is 1.53 bits per heavy atom. The monoisotopic (exact) mass is 273 g/mol. The van der Waals surface area contributed by atoms with Crippen molar-refractivity contribution >= 4 is 21.7 Å². The zero-order chi connectivity index (χ0) is 10.8. The highest BCUT2D eigenvalue weighted by Crippen LogP contribution is 2.36. The van der Waals surface area contributed by atoms with Crippen LogP contribution in [0.4, 0.5) is 0 Å². The van der Waals surface area contributed by atoms with E-state index < -0.39 is 0 Å². The van der Waals surface area contributed by atoms with E-state index in [-0.39, 0.29) is 4.83 Å². The lowest BCUT2D eigenvalue weighted by Crippen LogP contribution is -2.51. The van der Waals surface area contributed by atoms with Crippen LogP contribution in [0.5, 0.6) is 0 Å². The highest BCUT2D eigenvalue weighted by molar-refractivity contribution is 9.10. The Kier molecular flexibility index (Phi) is 3.83. The quantitative estimate of drug-likeness (QED) is 0.721. The number of alkyl halides is 1. The number of carbonyl (C=O) groups excluding carboxylic acids is 1. The van der Waals surface area contributed by atoms with E-state index in [4.69, 9.17) is 0 Å². The Labute approximate surface area is 101 Å². The second-order valence-corrected chi connectivity index (χ2v) is 5.98. The minimum absolute atomic E-state index is 0.121. The van der Waals surface area contributed by atoms with E-state index in [2.05, 4.69) is 27.8 Å². The zero-order valence-corrected chi connectivity index (χ0v) is 11.0. The fraction of sp³-hybridized carbons (Fsp3) is 0.917. The lowest BCUT2D eigenvalue weighted by molar-refractivity contribution is -0.123. The van der Waals surface area contributed by atoms with E-state index in [1.807, 2.05) is 0 Å². The van der Waals surface area contributed by atoms with Crippen LogP contribution in [0.2, 0.25) is 0 Å². The molecule has 0 N–H and O–H groups in total. The molecule has 0 bridgehead atoms. The van der Waals surface area contributed by atoms with Gasteiger partial charge in [-0.15, -0.1) is 0 Å². The Morgan fingerprint density at radius 3 is 3.07 bits per heavy atom. The molecule has 0 aromatic carbocycles. The van der Waals surface area contributed by atoms with Crippen LogP contribution in [0.15, 0.2) is 0 Å². The first-order valence-corrected chi connectivity index (χ1v) is 7.04. The molecule has 2 rings (SSSR count). The van der Waals surface area contributed by atoms with E-state index in [0.29, 0.717) is 17.7 Å². The fourth-order valence-electron chi connectivity index (χ4n) is 3.09. The number of halogens is 1. The van der Waals surface area contributed by atoms with Crippen molar-refractivity contribution in [2.75, 3.05) is 13.1 Å². The number of rotatable bonds is 2. The smallest absolute Gasteiger partial charge is 0.146 e. The predicted octanol–water partition coefficient (Wildman–Crippen LogP) is 2.60. The molecule has 1 unspecified atom stereocenters. The lowest BCUT2D eigenvalue weighted by Gasteiger charge is -2.44. The third-order valence-electron chi connectivity index (χ3n) is 3.81. The molecule has 0 aromatic heterocycles. The summed E-state index contributed by atoms with van der Waals surface area (Å²) in [6, 6.07) is 0.667. The van der Waals surface area contributed by atoms with Gasteiger partial charge in [-0.3, -0.25) is 4.79 Å². The van der Waals surface area contributed by atoms with Crippen LogP contribution in [0.25, 0.3) is 0 Å². The van der Waals surface area contributed by atoms with Gasteiger partial charge in [0.1, 0.15) is 5.78 Å². The van der Waals surface area contributed by atoms with Crippen molar-refractivity contribution in [1.82, 2.24) is 4.90 Å². The first-order valence-electron chi connectivity index (χ1n) is 6.13. The molecular formula is C12H20BrNO. The van der Waals surface area contributed by atoms with Crippen molar-refractivity contribution in [3.63, 3.8) is 0 Å². The van der Waals surface area contributed by atoms with Crippen molar-refractivity contribution in [3.05, 3.63) is 0 Å². The average Bonchev–Trinajstić information content (AvgIpc) is 2.21. The summed E-state index contributed by atoms with van der Waals surface area (Å²) >= 11 is 3.52. The SMILES string of the molecule is CCCN1CCC[C@@H]2CC(=O)C(Br)C[C@H]21. The highest BCUT2D eigenvalue weighted by atomic mass is 79.9. The van der Waals surface area contributed by atoms with Gasteiger partial charge in [-0.05, 0) is 44.7 Å². The number of piperidine rings is 1. The maximum Gasteiger partial charge on any atom is 0.146 e. The Balaban J connectivity index is 2.03. The van der Waals surface area contributed by atoms with E-state index in [1.165, 1.54) is 32.4 Å². The van der Waals surface area contributed by atoms with Gasteiger partial charge >= 0.3 is 0 Å². The summed E-state index contributed by atoms with van der Waals surface area (Å²) in [5.41, 5.74) is 0. The van der Waals surface area contributed by atoms with Crippen LogP contribution in [0, 0.1) is 5.92 Å². The van der Waals surface area contributed by atoms with Gasteiger partial charge in [0.2, 0.25) is 0 Å². The van der Waals surface area contributed by atoms with Crippen molar-refractivity contribution in [2.24, 2.45) is 5.92 Å². The second-order valence-electron chi connectivity index (χ2n) is 4.88. The summed E-state index contributed by atoms with van der Waals surface area (Å²) in [6.07, 6.45) is 5.60. The molecule has 0 amide bonds. The molecule has 2 nitrogen and oxygen atoms in total. The fourth-order valence-corrected chi connectivity index (χ4v) is 3.66. The highest BCUT2D eigenvalue weighted by Gasteiger charge is 2.39. The molecule has 86 valence electrons. The van der Waals surface area contributed by atoms with Crippen LogP contribution in [0.3, 0.4) is 0 Å². The van der Waals surface area contributed by atoms with Crippen LogP contribution in [-0.2, 0) is 4.79 Å². The molecule has 1 aliphatic heterocycles. The Bertz CT molecular complexity index is 242.